The molecule has 0 spiro atoms. The summed E-state index contributed by atoms with van der Waals surface area (Å²) in [6, 6.07) is 0. The van der Waals surface area contributed by atoms with E-state index in [4.69, 9.17) is 14.6 Å². The van der Waals surface area contributed by atoms with Crippen LogP contribution in [0.2, 0.25) is 0 Å². The molecule has 5 heteroatoms. The average molecular weight is 415 g/mol. The molecule has 1 aliphatic heterocycles. The minimum atomic E-state index is -0.971. The Labute approximate surface area is 178 Å². The molecule has 1 rings (SSSR count). The Morgan fingerprint density at radius 2 is 1.28 bits per heavy atom. The van der Waals surface area contributed by atoms with E-state index in [9.17, 15) is 10.2 Å². The van der Waals surface area contributed by atoms with Crippen LogP contribution < -0.4 is 0 Å². The second-order valence-electron chi connectivity index (χ2n) is 8.47. The number of aliphatic hydroxyl groups is 3. The molecule has 1 saturated heterocycles. The second kappa shape index (κ2) is 18.3. The van der Waals surface area contributed by atoms with Gasteiger partial charge < -0.3 is 24.8 Å². The van der Waals surface area contributed by atoms with E-state index >= 15 is 0 Å². The normalized spacial score (nSPS) is 24.7. The highest BCUT2D eigenvalue weighted by atomic mass is 16.6. The molecule has 1 fully saturated rings. The van der Waals surface area contributed by atoms with E-state index in [1.807, 2.05) is 6.08 Å². The fraction of sp³-hybridized carbons (Fsp3) is 0.917. The molecule has 0 aromatic heterocycles. The van der Waals surface area contributed by atoms with Crippen LogP contribution in [0.1, 0.15) is 96.3 Å². The third-order valence-corrected chi connectivity index (χ3v) is 5.87. The van der Waals surface area contributed by atoms with Gasteiger partial charge in [0.2, 0.25) is 0 Å². The summed E-state index contributed by atoms with van der Waals surface area (Å²) in [7, 11) is 0. The van der Waals surface area contributed by atoms with Crippen molar-refractivity contribution in [1.29, 1.82) is 0 Å². The van der Waals surface area contributed by atoms with Crippen LogP contribution in [0, 0.1) is 0 Å². The Kier molecular flexibility index (Phi) is 16.8. The van der Waals surface area contributed by atoms with Crippen molar-refractivity contribution in [2.75, 3.05) is 19.8 Å². The van der Waals surface area contributed by atoms with Gasteiger partial charge in [-0.1, -0.05) is 83.1 Å². The summed E-state index contributed by atoms with van der Waals surface area (Å²) in [5.74, 6) is 0. The van der Waals surface area contributed by atoms with Gasteiger partial charge >= 0.3 is 0 Å². The largest absolute Gasteiger partial charge is 0.394 e. The molecule has 0 bridgehead atoms. The van der Waals surface area contributed by atoms with Crippen LogP contribution in [0.5, 0.6) is 0 Å². The Morgan fingerprint density at radius 3 is 1.76 bits per heavy atom. The molecular weight excluding hydrogens is 368 g/mol. The number of rotatable bonds is 19. The third-order valence-electron chi connectivity index (χ3n) is 5.87. The third kappa shape index (κ3) is 12.7. The van der Waals surface area contributed by atoms with E-state index in [1.165, 1.54) is 83.5 Å². The molecule has 172 valence electrons. The highest BCUT2D eigenvalue weighted by molar-refractivity contribution is 4.87. The van der Waals surface area contributed by atoms with Crippen molar-refractivity contribution in [2.24, 2.45) is 0 Å². The Morgan fingerprint density at radius 1 is 0.793 bits per heavy atom. The fourth-order valence-corrected chi connectivity index (χ4v) is 3.96. The first-order valence-corrected chi connectivity index (χ1v) is 12.0. The molecule has 4 atom stereocenters. The Hall–Kier alpha value is -0.460. The lowest BCUT2D eigenvalue weighted by atomic mass is 10.0. The van der Waals surface area contributed by atoms with Gasteiger partial charge in [-0.3, -0.25) is 0 Å². The Balaban J connectivity index is 1.83. The van der Waals surface area contributed by atoms with Crippen molar-refractivity contribution >= 4 is 0 Å². The summed E-state index contributed by atoms with van der Waals surface area (Å²) in [6.07, 6.45) is 18.2. The van der Waals surface area contributed by atoms with Crippen LogP contribution in [0.25, 0.3) is 0 Å². The van der Waals surface area contributed by atoms with Crippen LogP contribution in [-0.2, 0) is 9.47 Å². The molecule has 0 amide bonds. The standard InChI is InChI=1S/C24H46O5/c1-2-3-4-5-6-7-8-9-10-11-12-13-14-15-16-17-18-28-24-21(26)20-29-22(19-25)23(24)27/h2,21-27H,1,3-20H2/t21-,22+,23+,24+/m1/s1. The van der Waals surface area contributed by atoms with Gasteiger partial charge in [-0.05, 0) is 19.3 Å². The molecule has 1 aliphatic rings. The lowest BCUT2D eigenvalue weighted by Gasteiger charge is -2.37. The molecule has 29 heavy (non-hydrogen) atoms. The van der Waals surface area contributed by atoms with Gasteiger partial charge in [0, 0.05) is 6.61 Å². The maximum Gasteiger partial charge on any atom is 0.114 e. The first-order valence-electron chi connectivity index (χ1n) is 12.0. The Bertz CT molecular complexity index is 376. The zero-order valence-electron chi connectivity index (χ0n) is 18.5. The van der Waals surface area contributed by atoms with Crippen LogP contribution in [-0.4, -0.2) is 59.6 Å². The number of hydrogen-bond donors (Lipinski definition) is 3. The van der Waals surface area contributed by atoms with Crippen LogP contribution in [0.15, 0.2) is 12.7 Å². The van der Waals surface area contributed by atoms with E-state index in [2.05, 4.69) is 6.58 Å². The second-order valence-corrected chi connectivity index (χ2v) is 8.47. The summed E-state index contributed by atoms with van der Waals surface area (Å²) < 4.78 is 10.8. The van der Waals surface area contributed by atoms with Gasteiger partial charge in [0.1, 0.15) is 24.4 Å². The van der Waals surface area contributed by atoms with E-state index in [-0.39, 0.29) is 13.2 Å². The van der Waals surface area contributed by atoms with Crippen molar-refractivity contribution < 1.29 is 24.8 Å². The molecular formula is C24H46O5. The van der Waals surface area contributed by atoms with Gasteiger partial charge in [0.05, 0.1) is 13.2 Å². The van der Waals surface area contributed by atoms with Crippen molar-refractivity contribution in [3.05, 3.63) is 12.7 Å². The quantitative estimate of drug-likeness (QED) is 0.214. The summed E-state index contributed by atoms with van der Waals surface area (Å²) in [5, 5.41) is 29.1. The van der Waals surface area contributed by atoms with Crippen molar-refractivity contribution in [1.82, 2.24) is 0 Å². The zero-order valence-corrected chi connectivity index (χ0v) is 18.5. The monoisotopic (exact) mass is 414 g/mol. The summed E-state index contributed by atoms with van der Waals surface area (Å²) in [6.45, 7) is 4.13. The van der Waals surface area contributed by atoms with E-state index in [0.717, 1.165) is 12.8 Å². The maximum atomic E-state index is 10.1. The maximum absolute atomic E-state index is 10.1. The van der Waals surface area contributed by atoms with Crippen LogP contribution >= 0.6 is 0 Å². The summed E-state index contributed by atoms with van der Waals surface area (Å²) in [4.78, 5) is 0. The smallest absolute Gasteiger partial charge is 0.114 e. The summed E-state index contributed by atoms with van der Waals surface area (Å²) >= 11 is 0. The van der Waals surface area contributed by atoms with Gasteiger partial charge in [-0.15, -0.1) is 6.58 Å². The highest BCUT2D eigenvalue weighted by Crippen LogP contribution is 2.19. The van der Waals surface area contributed by atoms with E-state index in [0.29, 0.717) is 6.61 Å². The summed E-state index contributed by atoms with van der Waals surface area (Å²) in [5.41, 5.74) is 0. The number of hydrogen-bond acceptors (Lipinski definition) is 5. The number of allylic oxidation sites excluding steroid dienone is 1. The van der Waals surface area contributed by atoms with Gasteiger partial charge in [-0.2, -0.15) is 0 Å². The molecule has 5 nitrogen and oxygen atoms in total. The topological polar surface area (TPSA) is 79.2 Å². The average Bonchev–Trinajstić information content (AvgIpc) is 2.72. The predicted molar refractivity (Wildman–Crippen MR) is 118 cm³/mol. The SMILES string of the molecule is C=CCCCCCCCCCCCCCCCCO[C@@H]1[C@@H](O)[C@H](CO)OC[C@H]1O. The zero-order chi connectivity index (χ0) is 21.2. The number of ether oxygens (including phenoxy) is 2. The molecule has 3 N–H and O–H groups in total. The van der Waals surface area contributed by atoms with Crippen molar-refractivity contribution in [3.63, 3.8) is 0 Å². The lowest BCUT2D eigenvalue weighted by molar-refractivity contribution is -0.210. The lowest BCUT2D eigenvalue weighted by Crippen LogP contribution is -2.55. The van der Waals surface area contributed by atoms with Gasteiger partial charge in [-0.25, -0.2) is 0 Å². The van der Waals surface area contributed by atoms with Crippen LogP contribution in [0.4, 0.5) is 0 Å². The van der Waals surface area contributed by atoms with E-state index in [1.54, 1.807) is 0 Å². The van der Waals surface area contributed by atoms with Gasteiger partial charge in [0.25, 0.3) is 0 Å². The fourth-order valence-electron chi connectivity index (χ4n) is 3.96. The molecule has 0 aromatic carbocycles. The van der Waals surface area contributed by atoms with E-state index < -0.39 is 24.4 Å². The van der Waals surface area contributed by atoms with Gasteiger partial charge in [0.15, 0.2) is 0 Å². The molecule has 0 aliphatic carbocycles. The molecule has 0 unspecified atom stereocenters. The van der Waals surface area contributed by atoms with Crippen molar-refractivity contribution in [3.8, 4) is 0 Å². The molecule has 0 radical (unpaired) electrons. The van der Waals surface area contributed by atoms with Crippen LogP contribution in [0.3, 0.4) is 0 Å². The number of aliphatic hydroxyl groups excluding tert-OH is 3. The minimum Gasteiger partial charge on any atom is -0.394 e. The molecule has 1 heterocycles. The minimum absolute atomic E-state index is 0.0999. The number of unbranched alkanes of at least 4 members (excludes halogenated alkanes) is 14. The first-order chi connectivity index (χ1) is 14.2. The molecule has 0 aromatic rings. The predicted octanol–water partition coefficient (Wildman–Crippen LogP) is 4.52. The van der Waals surface area contributed by atoms with Crippen molar-refractivity contribution in [2.45, 2.75) is 121 Å². The highest BCUT2D eigenvalue weighted by Gasteiger charge is 2.38. The molecule has 0 saturated carbocycles. The first kappa shape index (κ1) is 26.6.